The van der Waals surface area contributed by atoms with Gasteiger partial charge in [-0.15, -0.1) is 35.3 Å². The van der Waals surface area contributed by atoms with Crippen LogP contribution in [0.4, 0.5) is 10.7 Å². The Morgan fingerprint density at radius 3 is 2.58 bits per heavy atom. The number of anilines is 1. The van der Waals surface area contributed by atoms with Crippen LogP contribution in [0.3, 0.4) is 0 Å². The SMILES string of the molecule is CN=C(NCc1ccccc1[N+](=O)[O-])N1CCN(c2cccs2)CC1.I. The van der Waals surface area contributed by atoms with E-state index in [1.807, 2.05) is 6.07 Å². The van der Waals surface area contributed by atoms with E-state index in [9.17, 15) is 10.1 Å². The van der Waals surface area contributed by atoms with Crippen LogP contribution in [0.15, 0.2) is 46.8 Å². The molecule has 0 spiro atoms. The highest BCUT2D eigenvalue weighted by atomic mass is 127. The van der Waals surface area contributed by atoms with Crippen LogP contribution in [-0.4, -0.2) is 49.0 Å². The minimum Gasteiger partial charge on any atom is -0.360 e. The summed E-state index contributed by atoms with van der Waals surface area (Å²) in [4.78, 5) is 19.7. The van der Waals surface area contributed by atoms with Crippen LogP contribution in [0.2, 0.25) is 0 Å². The van der Waals surface area contributed by atoms with Crippen molar-refractivity contribution >= 4 is 52.0 Å². The van der Waals surface area contributed by atoms with E-state index >= 15 is 0 Å². The molecule has 26 heavy (non-hydrogen) atoms. The Kier molecular flexibility index (Phi) is 7.64. The molecular formula is C17H22IN5O2S. The fourth-order valence-corrected chi connectivity index (χ4v) is 3.72. The largest absolute Gasteiger partial charge is 0.360 e. The van der Waals surface area contributed by atoms with E-state index in [1.165, 1.54) is 11.1 Å². The van der Waals surface area contributed by atoms with Crippen LogP contribution in [0.25, 0.3) is 0 Å². The average Bonchev–Trinajstić information content (AvgIpc) is 3.17. The van der Waals surface area contributed by atoms with Gasteiger partial charge in [0.2, 0.25) is 0 Å². The molecule has 1 aromatic carbocycles. The molecule has 2 heterocycles. The van der Waals surface area contributed by atoms with E-state index in [0.717, 1.165) is 32.1 Å². The monoisotopic (exact) mass is 487 g/mol. The number of halogens is 1. The van der Waals surface area contributed by atoms with Gasteiger partial charge in [0.1, 0.15) is 0 Å². The fourth-order valence-electron chi connectivity index (χ4n) is 2.93. The van der Waals surface area contributed by atoms with Gasteiger partial charge in [-0.3, -0.25) is 15.1 Å². The van der Waals surface area contributed by atoms with Crippen molar-refractivity contribution in [2.45, 2.75) is 6.54 Å². The molecule has 140 valence electrons. The van der Waals surface area contributed by atoms with Crippen molar-refractivity contribution < 1.29 is 4.92 Å². The second kappa shape index (κ2) is 9.72. The molecule has 0 atom stereocenters. The lowest BCUT2D eigenvalue weighted by atomic mass is 10.2. The zero-order valence-electron chi connectivity index (χ0n) is 14.5. The molecule has 1 N–H and O–H groups in total. The minimum absolute atomic E-state index is 0. The Hall–Kier alpha value is -1.88. The lowest BCUT2D eigenvalue weighted by molar-refractivity contribution is -0.385. The van der Waals surface area contributed by atoms with E-state index in [-0.39, 0.29) is 34.6 Å². The highest BCUT2D eigenvalue weighted by Crippen LogP contribution is 2.22. The van der Waals surface area contributed by atoms with Gasteiger partial charge >= 0.3 is 0 Å². The molecule has 1 saturated heterocycles. The quantitative estimate of drug-likeness (QED) is 0.236. The average molecular weight is 487 g/mol. The van der Waals surface area contributed by atoms with Crippen molar-refractivity contribution in [2.75, 3.05) is 38.1 Å². The number of piperazine rings is 1. The van der Waals surface area contributed by atoms with Gasteiger partial charge in [0.25, 0.3) is 5.69 Å². The van der Waals surface area contributed by atoms with E-state index in [2.05, 4.69) is 37.6 Å². The number of nitro groups is 1. The molecule has 2 aromatic rings. The molecule has 0 aliphatic carbocycles. The topological polar surface area (TPSA) is 74.0 Å². The predicted molar refractivity (Wildman–Crippen MR) is 117 cm³/mol. The highest BCUT2D eigenvalue weighted by molar-refractivity contribution is 14.0. The molecule has 9 heteroatoms. The van der Waals surface area contributed by atoms with Gasteiger partial charge < -0.3 is 15.1 Å². The summed E-state index contributed by atoms with van der Waals surface area (Å²) in [5.74, 6) is 0.781. The number of nitro benzene ring substituents is 1. The summed E-state index contributed by atoms with van der Waals surface area (Å²) in [5.41, 5.74) is 0.791. The van der Waals surface area contributed by atoms with Gasteiger partial charge in [0, 0.05) is 51.4 Å². The van der Waals surface area contributed by atoms with Crippen molar-refractivity contribution in [3.8, 4) is 0 Å². The van der Waals surface area contributed by atoms with E-state index in [4.69, 9.17) is 0 Å². The van der Waals surface area contributed by atoms with Gasteiger partial charge in [-0.1, -0.05) is 18.2 Å². The third-order valence-electron chi connectivity index (χ3n) is 4.23. The van der Waals surface area contributed by atoms with Crippen molar-refractivity contribution in [3.05, 3.63) is 57.5 Å². The summed E-state index contributed by atoms with van der Waals surface area (Å²) in [6.45, 7) is 4.00. The molecule has 3 rings (SSSR count). The summed E-state index contributed by atoms with van der Waals surface area (Å²) < 4.78 is 0. The first kappa shape index (κ1) is 20.4. The maximum Gasteiger partial charge on any atom is 0.274 e. The molecule has 0 radical (unpaired) electrons. The molecule has 0 amide bonds. The first-order chi connectivity index (χ1) is 12.2. The number of thiophene rings is 1. The molecule has 1 aliphatic rings. The van der Waals surface area contributed by atoms with E-state index in [1.54, 1.807) is 30.5 Å². The third kappa shape index (κ3) is 4.85. The molecule has 1 aliphatic heterocycles. The summed E-state index contributed by atoms with van der Waals surface area (Å²) in [5, 5.41) is 17.8. The number of benzene rings is 1. The van der Waals surface area contributed by atoms with Crippen LogP contribution in [0.5, 0.6) is 0 Å². The number of rotatable bonds is 4. The Morgan fingerprint density at radius 1 is 1.23 bits per heavy atom. The first-order valence-corrected chi connectivity index (χ1v) is 9.03. The molecule has 0 unspecified atom stereocenters. The maximum absolute atomic E-state index is 11.1. The lowest BCUT2D eigenvalue weighted by Gasteiger charge is -2.37. The second-order valence-corrected chi connectivity index (χ2v) is 6.64. The Bertz CT molecular complexity index is 745. The second-order valence-electron chi connectivity index (χ2n) is 5.71. The maximum atomic E-state index is 11.1. The number of hydrogen-bond donors (Lipinski definition) is 1. The van der Waals surface area contributed by atoms with Gasteiger partial charge in [0.15, 0.2) is 5.96 Å². The van der Waals surface area contributed by atoms with Crippen LogP contribution in [-0.2, 0) is 6.54 Å². The van der Waals surface area contributed by atoms with Crippen LogP contribution in [0.1, 0.15) is 5.56 Å². The van der Waals surface area contributed by atoms with Gasteiger partial charge in [-0.05, 0) is 17.5 Å². The van der Waals surface area contributed by atoms with Crippen LogP contribution >= 0.6 is 35.3 Å². The highest BCUT2D eigenvalue weighted by Gasteiger charge is 2.21. The first-order valence-electron chi connectivity index (χ1n) is 8.15. The number of nitrogens with zero attached hydrogens (tertiary/aromatic N) is 4. The zero-order valence-corrected chi connectivity index (χ0v) is 17.6. The Balaban J connectivity index is 0.00000243. The number of aliphatic imine (C=N–C) groups is 1. The van der Waals surface area contributed by atoms with Gasteiger partial charge in [-0.2, -0.15) is 0 Å². The standard InChI is InChI=1S/C17H21N5O2S.HI/c1-18-17(19-13-14-5-2-3-6-15(14)22(23)24)21-10-8-20(9-11-21)16-7-4-12-25-16;/h2-7,12H,8-11,13H2,1H3,(H,18,19);1H. The van der Waals surface area contributed by atoms with Crippen molar-refractivity contribution in [1.29, 1.82) is 0 Å². The van der Waals surface area contributed by atoms with E-state index < -0.39 is 0 Å². The molecule has 0 saturated carbocycles. The number of para-hydroxylation sites is 1. The summed E-state index contributed by atoms with van der Waals surface area (Å²) >= 11 is 1.75. The smallest absolute Gasteiger partial charge is 0.274 e. The normalized spacial score (nSPS) is 14.7. The van der Waals surface area contributed by atoms with Crippen molar-refractivity contribution in [1.82, 2.24) is 10.2 Å². The molecule has 1 fully saturated rings. The fraction of sp³-hybridized carbons (Fsp3) is 0.353. The van der Waals surface area contributed by atoms with E-state index in [0.29, 0.717) is 12.1 Å². The Labute approximate surface area is 173 Å². The summed E-state index contributed by atoms with van der Waals surface area (Å²) in [6, 6.07) is 11.0. The molecule has 0 bridgehead atoms. The zero-order chi connectivity index (χ0) is 17.6. The minimum atomic E-state index is -0.348. The van der Waals surface area contributed by atoms with Crippen molar-refractivity contribution in [2.24, 2.45) is 4.99 Å². The number of guanidine groups is 1. The van der Waals surface area contributed by atoms with Crippen LogP contribution in [0, 0.1) is 10.1 Å². The third-order valence-corrected chi connectivity index (χ3v) is 5.16. The number of hydrogen-bond acceptors (Lipinski definition) is 5. The molecule has 1 aromatic heterocycles. The molecular weight excluding hydrogens is 465 g/mol. The summed E-state index contributed by atoms with van der Waals surface area (Å²) in [7, 11) is 1.74. The van der Waals surface area contributed by atoms with Gasteiger partial charge in [0.05, 0.1) is 9.92 Å². The van der Waals surface area contributed by atoms with Gasteiger partial charge in [-0.25, -0.2) is 0 Å². The number of nitrogens with one attached hydrogen (secondary N) is 1. The molecule has 7 nitrogen and oxygen atoms in total. The predicted octanol–water partition coefficient (Wildman–Crippen LogP) is 3.17. The lowest BCUT2D eigenvalue weighted by Crippen LogP contribution is -2.52. The van der Waals surface area contributed by atoms with Crippen molar-refractivity contribution in [3.63, 3.8) is 0 Å². The Morgan fingerprint density at radius 2 is 1.96 bits per heavy atom. The van der Waals surface area contributed by atoms with Crippen LogP contribution < -0.4 is 10.2 Å². The summed E-state index contributed by atoms with van der Waals surface area (Å²) in [6.07, 6.45) is 0.